The van der Waals surface area contributed by atoms with Crippen molar-refractivity contribution >= 4 is 0 Å². The number of rotatable bonds is 1. The number of hydrogen-bond acceptors (Lipinski definition) is 2. The Morgan fingerprint density at radius 1 is 1.07 bits per heavy atom. The van der Waals surface area contributed by atoms with Gasteiger partial charge in [-0.25, -0.2) is 0 Å². The molecule has 0 heterocycles. The third kappa shape index (κ3) is 1.33. The monoisotopic (exact) mass is 205 g/mol. The van der Waals surface area contributed by atoms with Crippen LogP contribution in [0, 0.1) is 40.9 Å². The van der Waals surface area contributed by atoms with Crippen LogP contribution in [0.2, 0.25) is 0 Å². The third-order valence-corrected chi connectivity index (χ3v) is 5.10. The van der Waals surface area contributed by atoms with Crippen LogP contribution in [0.1, 0.15) is 39.0 Å². The van der Waals surface area contributed by atoms with Crippen LogP contribution in [0.4, 0.5) is 0 Å². The molecular weight excluding hydrogens is 186 g/mol. The molecule has 4 fully saturated rings. The molecule has 4 aliphatic rings. The molecule has 4 rings (SSSR count). The largest absolute Gasteiger partial charge is 0.375 e. The predicted molar refractivity (Wildman–Crippen MR) is 56.8 cm³/mol. The molecular formula is C13H19NO. The summed E-state index contributed by atoms with van der Waals surface area (Å²) in [7, 11) is 0. The predicted octanol–water partition coefficient (Wildman–Crippen LogP) is 2.33. The van der Waals surface area contributed by atoms with Crippen LogP contribution < -0.4 is 0 Å². The molecule has 0 spiro atoms. The van der Waals surface area contributed by atoms with E-state index in [0.717, 1.165) is 11.8 Å². The third-order valence-electron chi connectivity index (χ3n) is 5.10. The van der Waals surface area contributed by atoms with Crippen LogP contribution in [-0.4, -0.2) is 10.7 Å². The number of aliphatic hydroxyl groups is 1. The molecule has 2 nitrogen and oxygen atoms in total. The average molecular weight is 205 g/mol. The molecule has 1 atom stereocenters. The minimum absolute atomic E-state index is 0.260. The van der Waals surface area contributed by atoms with E-state index in [9.17, 15) is 5.11 Å². The first-order chi connectivity index (χ1) is 7.10. The van der Waals surface area contributed by atoms with Gasteiger partial charge in [0.1, 0.15) is 0 Å². The summed E-state index contributed by atoms with van der Waals surface area (Å²) in [5.41, 5.74) is -1.08. The first kappa shape index (κ1) is 9.66. The van der Waals surface area contributed by atoms with E-state index in [1.807, 2.05) is 0 Å². The van der Waals surface area contributed by atoms with E-state index < -0.39 is 5.60 Å². The van der Waals surface area contributed by atoms with E-state index in [2.05, 4.69) is 6.07 Å². The van der Waals surface area contributed by atoms with Crippen molar-refractivity contribution in [3.05, 3.63) is 0 Å². The fourth-order valence-electron chi connectivity index (χ4n) is 4.92. The van der Waals surface area contributed by atoms with Gasteiger partial charge in [0.2, 0.25) is 0 Å². The molecule has 4 saturated carbocycles. The lowest BCUT2D eigenvalue weighted by Crippen LogP contribution is -2.53. The van der Waals surface area contributed by atoms with Gasteiger partial charge in [-0.1, -0.05) is 0 Å². The number of nitriles is 1. The van der Waals surface area contributed by atoms with Crippen LogP contribution in [0.15, 0.2) is 0 Å². The summed E-state index contributed by atoms with van der Waals surface area (Å²) in [6.07, 6.45) is 6.52. The maximum absolute atomic E-state index is 10.2. The Hall–Kier alpha value is -0.550. The molecule has 82 valence electrons. The van der Waals surface area contributed by atoms with E-state index in [4.69, 9.17) is 5.26 Å². The van der Waals surface area contributed by atoms with E-state index in [-0.39, 0.29) is 5.92 Å². The lowest BCUT2D eigenvalue weighted by Gasteiger charge is -2.56. The average Bonchev–Trinajstić information content (AvgIpc) is 2.15. The summed E-state index contributed by atoms with van der Waals surface area (Å²) in [4.78, 5) is 0. The summed E-state index contributed by atoms with van der Waals surface area (Å²) in [6, 6.07) is 2.12. The topological polar surface area (TPSA) is 44.0 Å². The van der Waals surface area contributed by atoms with Gasteiger partial charge in [-0.3, -0.25) is 0 Å². The Balaban J connectivity index is 1.90. The Bertz CT molecular complexity index is 287. The zero-order chi connectivity index (χ0) is 10.6. The van der Waals surface area contributed by atoms with E-state index in [0.29, 0.717) is 11.8 Å². The zero-order valence-corrected chi connectivity index (χ0v) is 9.32. The van der Waals surface area contributed by atoms with E-state index in [1.165, 1.54) is 32.1 Å². The van der Waals surface area contributed by atoms with Crippen molar-refractivity contribution in [3.8, 4) is 6.07 Å². The molecule has 0 aromatic carbocycles. The summed E-state index contributed by atoms with van der Waals surface area (Å²) in [6.45, 7) is 1.72. The maximum Gasteiger partial charge on any atom is 0.151 e. The standard InChI is InChI=1S/C13H19NO/c1-13(15,7-14)12-10-3-8-2-9(5-10)6-11(12)4-8/h8-12,15H,2-6H2,1H3. The molecule has 4 aliphatic carbocycles. The highest BCUT2D eigenvalue weighted by Crippen LogP contribution is 2.58. The van der Waals surface area contributed by atoms with Crippen molar-refractivity contribution in [2.24, 2.45) is 29.6 Å². The van der Waals surface area contributed by atoms with Gasteiger partial charge in [-0.2, -0.15) is 5.26 Å². The van der Waals surface area contributed by atoms with Crippen LogP contribution in [0.5, 0.6) is 0 Å². The lowest BCUT2D eigenvalue weighted by molar-refractivity contribution is -0.110. The van der Waals surface area contributed by atoms with Crippen LogP contribution >= 0.6 is 0 Å². The van der Waals surface area contributed by atoms with Gasteiger partial charge < -0.3 is 5.11 Å². The summed E-state index contributed by atoms with van der Waals surface area (Å²) < 4.78 is 0. The van der Waals surface area contributed by atoms with E-state index in [1.54, 1.807) is 6.92 Å². The zero-order valence-electron chi connectivity index (χ0n) is 9.32. The highest BCUT2D eigenvalue weighted by atomic mass is 16.3. The Kier molecular flexibility index (Phi) is 1.92. The first-order valence-corrected chi connectivity index (χ1v) is 6.24. The molecule has 15 heavy (non-hydrogen) atoms. The van der Waals surface area contributed by atoms with Gasteiger partial charge >= 0.3 is 0 Å². The van der Waals surface area contributed by atoms with Crippen LogP contribution in [-0.2, 0) is 0 Å². The SMILES string of the molecule is CC(O)(C#N)C1C2CC3CC(C2)CC1C3. The number of hydrogen-bond donors (Lipinski definition) is 1. The lowest BCUT2D eigenvalue weighted by atomic mass is 9.49. The highest BCUT2D eigenvalue weighted by Gasteiger charge is 2.53. The Labute approximate surface area is 91.3 Å². The summed E-state index contributed by atoms with van der Waals surface area (Å²) >= 11 is 0. The molecule has 1 unspecified atom stereocenters. The minimum atomic E-state index is -1.08. The van der Waals surface area contributed by atoms with Crippen molar-refractivity contribution in [2.75, 3.05) is 0 Å². The molecule has 0 amide bonds. The molecule has 2 heteroatoms. The van der Waals surface area contributed by atoms with Crippen molar-refractivity contribution < 1.29 is 5.11 Å². The van der Waals surface area contributed by atoms with Gasteiger partial charge in [0.25, 0.3) is 0 Å². The maximum atomic E-state index is 10.2. The van der Waals surface area contributed by atoms with E-state index >= 15 is 0 Å². The van der Waals surface area contributed by atoms with Crippen LogP contribution in [0.3, 0.4) is 0 Å². The molecule has 0 aliphatic heterocycles. The van der Waals surface area contributed by atoms with Crippen molar-refractivity contribution in [2.45, 2.75) is 44.6 Å². The van der Waals surface area contributed by atoms with Gasteiger partial charge in [0.05, 0.1) is 6.07 Å². The van der Waals surface area contributed by atoms with Crippen molar-refractivity contribution in [1.29, 1.82) is 5.26 Å². The quantitative estimate of drug-likeness (QED) is 0.668. The smallest absolute Gasteiger partial charge is 0.151 e. The second-order valence-corrected chi connectivity index (χ2v) is 6.22. The van der Waals surface area contributed by atoms with Gasteiger partial charge in [0.15, 0.2) is 5.60 Å². The molecule has 0 saturated heterocycles. The van der Waals surface area contributed by atoms with Gasteiger partial charge in [0, 0.05) is 5.92 Å². The fraction of sp³-hybridized carbons (Fsp3) is 0.923. The van der Waals surface area contributed by atoms with Crippen molar-refractivity contribution in [1.82, 2.24) is 0 Å². The summed E-state index contributed by atoms with van der Waals surface area (Å²) in [5.74, 6) is 3.36. The molecule has 4 bridgehead atoms. The molecule has 0 aromatic rings. The highest BCUT2D eigenvalue weighted by molar-refractivity contribution is 5.10. The summed E-state index contributed by atoms with van der Waals surface area (Å²) in [5, 5.41) is 19.3. The van der Waals surface area contributed by atoms with Gasteiger partial charge in [-0.15, -0.1) is 0 Å². The fourth-order valence-corrected chi connectivity index (χ4v) is 4.92. The Morgan fingerprint density at radius 2 is 1.53 bits per heavy atom. The molecule has 0 radical (unpaired) electrons. The molecule has 0 aromatic heterocycles. The normalized spacial score (nSPS) is 51.1. The second kappa shape index (κ2) is 2.98. The molecule has 1 N–H and O–H groups in total. The minimum Gasteiger partial charge on any atom is -0.375 e. The first-order valence-electron chi connectivity index (χ1n) is 6.24. The second-order valence-electron chi connectivity index (χ2n) is 6.22. The van der Waals surface area contributed by atoms with Crippen molar-refractivity contribution in [3.63, 3.8) is 0 Å². The van der Waals surface area contributed by atoms with Gasteiger partial charge in [-0.05, 0) is 62.7 Å². The van der Waals surface area contributed by atoms with Crippen LogP contribution in [0.25, 0.3) is 0 Å². The number of nitrogens with zero attached hydrogens (tertiary/aromatic N) is 1. The Morgan fingerprint density at radius 3 is 1.93 bits per heavy atom.